The van der Waals surface area contributed by atoms with Crippen molar-refractivity contribution >= 4 is 28.6 Å². The topological polar surface area (TPSA) is 24.9 Å². The summed E-state index contributed by atoms with van der Waals surface area (Å²) in [7, 11) is 0. The number of anilines is 1. The fourth-order valence-electron chi connectivity index (χ4n) is 2.09. The summed E-state index contributed by atoms with van der Waals surface area (Å²) in [5, 5.41) is 7.30. The van der Waals surface area contributed by atoms with E-state index < -0.39 is 0 Å². The van der Waals surface area contributed by atoms with Crippen molar-refractivity contribution in [3.8, 4) is 11.3 Å². The number of thiazole rings is 1. The van der Waals surface area contributed by atoms with Crippen molar-refractivity contribution < 1.29 is 0 Å². The number of rotatable bonds is 4. The summed E-state index contributed by atoms with van der Waals surface area (Å²) in [6, 6.07) is 16.1. The number of aromatic nitrogens is 1. The summed E-state index contributed by atoms with van der Waals surface area (Å²) < 4.78 is 0. The van der Waals surface area contributed by atoms with Gasteiger partial charge < -0.3 is 5.32 Å². The Morgan fingerprint density at radius 3 is 2.76 bits per heavy atom. The molecule has 0 radical (unpaired) electrons. The van der Waals surface area contributed by atoms with Crippen LogP contribution in [0.15, 0.2) is 53.9 Å². The van der Waals surface area contributed by atoms with E-state index >= 15 is 0 Å². The average Bonchev–Trinajstić information content (AvgIpc) is 2.98. The van der Waals surface area contributed by atoms with Gasteiger partial charge in [-0.3, -0.25) is 0 Å². The molecule has 106 valence electrons. The van der Waals surface area contributed by atoms with Gasteiger partial charge in [0, 0.05) is 21.7 Å². The normalized spacial score (nSPS) is 10.6. The number of aryl methyl sites for hydroxylation is 1. The zero-order chi connectivity index (χ0) is 14.7. The standard InChI is InChI=1S/C17H15ClN2S/c1-12-7-8-14(18)9-15(12)19-10-17-20-16(11-21-17)13-5-3-2-4-6-13/h2-9,11,19H,10H2,1H3. The first-order valence-electron chi connectivity index (χ1n) is 6.72. The zero-order valence-corrected chi connectivity index (χ0v) is 13.2. The number of hydrogen-bond acceptors (Lipinski definition) is 3. The van der Waals surface area contributed by atoms with Gasteiger partial charge in [0.25, 0.3) is 0 Å². The van der Waals surface area contributed by atoms with Crippen LogP contribution >= 0.6 is 22.9 Å². The summed E-state index contributed by atoms with van der Waals surface area (Å²) >= 11 is 7.70. The van der Waals surface area contributed by atoms with Crippen LogP contribution in [-0.4, -0.2) is 4.98 Å². The highest BCUT2D eigenvalue weighted by Crippen LogP contribution is 2.24. The maximum absolute atomic E-state index is 6.03. The van der Waals surface area contributed by atoms with E-state index in [-0.39, 0.29) is 0 Å². The van der Waals surface area contributed by atoms with E-state index in [2.05, 4.69) is 34.7 Å². The first kappa shape index (κ1) is 14.1. The van der Waals surface area contributed by atoms with Crippen LogP contribution in [0, 0.1) is 6.92 Å². The summed E-state index contributed by atoms with van der Waals surface area (Å²) in [5.74, 6) is 0. The third-order valence-electron chi connectivity index (χ3n) is 3.25. The van der Waals surface area contributed by atoms with Gasteiger partial charge in [-0.25, -0.2) is 4.98 Å². The van der Waals surface area contributed by atoms with Gasteiger partial charge in [-0.05, 0) is 24.6 Å². The molecule has 3 aromatic rings. The predicted octanol–water partition coefficient (Wildman–Crippen LogP) is 5.38. The number of nitrogens with zero attached hydrogens (tertiary/aromatic N) is 1. The Hall–Kier alpha value is -1.84. The van der Waals surface area contributed by atoms with E-state index in [1.165, 1.54) is 5.56 Å². The highest BCUT2D eigenvalue weighted by Gasteiger charge is 2.05. The number of benzene rings is 2. The van der Waals surface area contributed by atoms with Crippen molar-refractivity contribution in [1.29, 1.82) is 0 Å². The molecule has 1 aromatic heterocycles. The molecule has 0 aliphatic rings. The largest absolute Gasteiger partial charge is 0.378 e. The third-order valence-corrected chi connectivity index (χ3v) is 4.33. The Kier molecular flexibility index (Phi) is 4.23. The van der Waals surface area contributed by atoms with Crippen molar-refractivity contribution in [1.82, 2.24) is 4.98 Å². The number of halogens is 1. The lowest BCUT2D eigenvalue weighted by Gasteiger charge is -2.08. The minimum atomic E-state index is 0.707. The molecule has 1 N–H and O–H groups in total. The lowest BCUT2D eigenvalue weighted by Crippen LogP contribution is -2.00. The van der Waals surface area contributed by atoms with Gasteiger partial charge in [-0.15, -0.1) is 11.3 Å². The summed E-state index contributed by atoms with van der Waals surface area (Å²) in [4.78, 5) is 4.67. The summed E-state index contributed by atoms with van der Waals surface area (Å²) in [6.45, 7) is 2.77. The molecule has 0 amide bonds. The first-order chi connectivity index (χ1) is 10.2. The quantitative estimate of drug-likeness (QED) is 0.699. The molecule has 3 rings (SSSR count). The molecule has 0 saturated carbocycles. The average molecular weight is 315 g/mol. The molecule has 2 nitrogen and oxygen atoms in total. The van der Waals surface area contributed by atoms with Crippen molar-refractivity contribution in [3.63, 3.8) is 0 Å². The molecule has 21 heavy (non-hydrogen) atoms. The number of hydrogen-bond donors (Lipinski definition) is 1. The van der Waals surface area contributed by atoms with Crippen molar-refractivity contribution in [2.24, 2.45) is 0 Å². The van der Waals surface area contributed by atoms with Gasteiger partial charge in [0.1, 0.15) is 5.01 Å². The van der Waals surface area contributed by atoms with Crippen molar-refractivity contribution in [2.75, 3.05) is 5.32 Å². The second kappa shape index (κ2) is 6.29. The van der Waals surface area contributed by atoms with Crippen LogP contribution in [-0.2, 0) is 6.54 Å². The molecule has 0 unspecified atom stereocenters. The van der Waals surface area contributed by atoms with Crippen molar-refractivity contribution in [2.45, 2.75) is 13.5 Å². The molecule has 0 aliphatic carbocycles. The Morgan fingerprint density at radius 1 is 1.14 bits per heavy atom. The highest BCUT2D eigenvalue weighted by molar-refractivity contribution is 7.09. The molecule has 0 aliphatic heterocycles. The van der Waals surface area contributed by atoms with Gasteiger partial charge >= 0.3 is 0 Å². The van der Waals surface area contributed by atoms with Crippen LogP contribution in [0.25, 0.3) is 11.3 Å². The van der Waals surface area contributed by atoms with E-state index in [0.717, 1.165) is 27.0 Å². The van der Waals surface area contributed by atoms with E-state index in [1.54, 1.807) is 11.3 Å². The Labute approximate surface area is 133 Å². The maximum atomic E-state index is 6.03. The van der Waals surface area contributed by atoms with Crippen LogP contribution in [0.5, 0.6) is 0 Å². The lowest BCUT2D eigenvalue weighted by molar-refractivity contribution is 1.10. The Morgan fingerprint density at radius 2 is 1.95 bits per heavy atom. The monoisotopic (exact) mass is 314 g/mol. The van der Waals surface area contributed by atoms with E-state index in [9.17, 15) is 0 Å². The third kappa shape index (κ3) is 3.43. The fraction of sp³-hybridized carbons (Fsp3) is 0.118. The molecule has 0 spiro atoms. The fourth-order valence-corrected chi connectivity index (χ4v) is 3.00. The van der Waals surface area contributed by atoms with Gasteiger partial charge in [-0.2, -0.15) is 0 Å². The minimum absolute atomic E-state index is 0.707. The van der Waals surface area contributed by atoms with Gasteiger partial charge in [0.05, 0.1) is 12.2 Å². The van der Waals surface area contributed by atoms with E-state index in [4.69, 9.17) is 11.6 Å². The van der Waals surface area contributed by atoms with Crippen LogP contribution in [0.2, 0.25) is 5.02 Å². The van der Waals surface area contributed by atoms with Gasteiger partial charge in [0.15, 0.2) is 0 Å². The molecule has 2 aromatic carbocycles. The molecule has 0 saturated heterocycles. The molecule has 0 fully saturated rings. The van der Waals surface area contributed by atoms with Gasteiger partial charge in [-0.1, -0.05) is 48.0 Å². The van der Waals surface area contributed by atoms with Crippen LogP contribution in [0.4, 0.5) is 5.69 Å². The van der Waals surface area contributed by atoms with Crippen LogP contribution in [0.3, 0.4) is 0 Å². The number of nitrogens with one attached hydrogen (secondary N) is 1. The summed E-state index contributed by atoms with van der Waals surface area (Å²) in [6.07, 6.45) is 0. The predicted molar refractivity (Wildman–Crippen MR) is 91.1 cm³/mol. The zero-order valence-electron chi connectivity index (χ0n) is 11.6. The molecule has 1 heterocycles. The first-order valence-corrected chi connectivity index (χ1v) is 7.98. The second-order valence-corrected chi connectivity index (χ2v) is 6.18. The Bertz CT molecular complexity index is 738. The van der Waals surface area contributed by atoms with Crippen molar-refractivity contribution in [3.05, 3.63) is 69.5 Å². The SMILES string of the molecule is Cc1ccc(Cl)cc1NCc1nc(-c2ccccc2)cs1. The second-order valence-electron chi connectivity index (χ2n) is 4.81. The lowest BCUT2D eigenvalue weighted by atomic mass is 10.2. The summed E-state index contributed by atoms with van der Waals surface area (Å²) in [5.41, 5.74) is 4.41. The highest BCUT2D eigenvalue weighted by atomic mass is 35.5. The maximum Gasteiger partial charge on any atom is 0.112 e. The minimum Gasteiger partial charge on any atom is -0.378 e. The van der Waals surface area contributed by atoms with Crippen LogP contribution < -0.4 is 5.32 Å². The Balaban J connectivity index is 1.72. The molecular formula is C17H15ClN2S. The smallest absolute Gasteiger partial charge is 0.112 e. The molecule has 0 bridgehead atoms. The van der Waals surface area contributed by atoms with E-state index in [0.29, 0.717) is 6.54 Å². The molecule has 4 heteroatoms. The molecular weight excluding hydrogens is 300 g/mol. The van der Waals surface area contributed by atoms with Crippen LogP contribution in [0.1, 0.15) is 10.6 Å². The molecule has 0 atom stereocenters. The van der Waals surface area contributed by atoms with E-state index in [1.807, 2.05) is 36.4 Å². The van der Waals surface area contributed by atoms with Gasteiger partial charge in [0.2, 0.25) is 0 Å².